The first-order valence-corrected chi connectivity index (χ1v) is 7.69. The Bertz CT molecular complexity index is 380. The van der Waals surface area contributed by atoms with E-state index < -0.39 is 0 Å². The predicted octanol–water partition coefficient (Wildman–Crippen LogP) is -0.412. The predicted molar refractivity (Wildman–Crippen MR) is 73.2 cm³/mol. The van der Waals surface area contributed by atoms with E-state index in [1.165, 1.54) is 0 Å². The van der Waals surface area contributed by atoms with Gasteiger partial charge in [-0.15, -0.1) is 0 Å². The van der Waals surface area contributed by atoms with E-state index in [0.717, 1.165) is 38.8 Å². The highest BCUT2D eigenvalue weighted by Gasteiger charge is 2.41. The van der Waals surface area contributed by atoms with Gasteiger partial charge in [0.1, 0.15) is 0 Å². The maximum atomic E-state index is 12.5. The summed E-state index contributed by atoms with van der Waals surface area (Å²) in [5.41, 5.74) is 0. The van der Waals surface area contributed by atoms with E-state index in [4.69, 9.17) is 4.74 Å². The average molecular weight is 281 g/mol. The summed E-state index contributed by atoms with van der Waals surface area (Å²) < 4.78 is 5.70. The van der Waals surface area contributed by atoms with Crippen molar-refractivity contribution in [2.45, 2.75) is 37.8 Å². The summed E-state index contributed by atoms with van der Waals surface area (Å²) in [6.07, 6.45) is 4.11. The molecule has 3 rings (SSSR count). The number of hydrogen-bond acceptors (Lipinski definition) is 4. The van der Waals surface area contributed by atoms with Crippen molar-refractivity contribution in [2.24, 2.45) is 0 Å². The van der Waals surface area contributed by atoms with Crippen molar-refractivity contribution in [3.8, 4) is 0 Å². The van der Waals surface area contributed by atoms with Crippen LogP contribution < -0.4 is 5.32 Å². The Kier molecular flexibility index (Phi) is 4.21. The van der Waals surface area contributed by atoms with Gasteiger partial charge in [0.15, 0.2) is 0 Å². The first kappa shape index (κ1) is 13.8. The number of fused-ring (bicyclic) bond motifs is 1. The zero-order valence-electron chi connectivity index (χ0n) is 11.8. The van der Waals surface area contributed by atoms with Crippen molar-refractivity contribution in [3.05, 3.63) is 0 Å². The number of amides is 2. The van der Waals surface area contributed by atoms with Crippen LogP contribution in [0.4, 0.5) is 0 Å². The number of carbonyl (C=O) groups is 2. The molecule has 0 radical (unpaired) electrons. The summed E-state index contributed by atoms with van der Waals surface area (Å²) in [5.74, 6) is -0.659. The molecule has 2 heterocycles. The fourth-order valence-corrected chi connectivity index (χ4v) is 3.48. The van der Waals surface area contributed by atoms with Crippen molar-refractivity contribution in [3.63, 3.8) is 0 Å². The standard InChI is InChI=1S/C14H23N3O3/c18-13(16-7-2-5-15-6-8-16)14(19)17-9-10-20-12-4-1-3-11(12)17/h11-12,15H,1-10H2. The molecular weight excluding hydrogens is 258 g/mol. The molecule has 0 bridgehead atoms. The lowest BCUT2D eigenvalue weighted by molar-refractivity contribution is -0.159. The Labute approximate surface area is 119 Å². The molecule has 3 fully saturated rings. The second-order valence-electron chi connectivity index (χ2n) is 5.80. The van der Waals surface area contributed by atoms with Crippen molar-refractivity contribution in [1.29, 1.82) is 0 Å². The van der Waals surface area contributed by atoms with E-state index in [0.29, 0.717) is 26.2 Å². The molecule has 6 heteroatoms. The Morgan fingerprint density at radius 3 is 2.80 bits per heavy atom. The number of ether oxygens (including phenoxy) is 1. The van der Waals surface area contributed by atoms with Gasteiger partial charge in [0.2, 0.25) is 0 Å². The van der Waals surface area contributed by atoms with Crippen LogP contribution >= 0.6 is 0 Å². The summed E-state index contributed by atoms with van der Waals surface area (Å²) >= 11 is 0. The van der Waals surface area contributed by atoms with Gasteiger partial charge in [-0.3, -0.25) is 9.59 Å². The normalized spacial score (nSPS) is 30.8. The molecular formula is C14H23N3O3. The Morgan fingerprint density at radius 1 is 1.00 bits per heavy atom. The van der Waals surface area contributed by atoms with Crippen molar-refractivity contribution < 1.29 is 14.3 Å². The lowest BCUT2D eigenvalue weighted by Crippen LogP contribution is -2.56. The van der Waals surface area contributed by atoms with E-state index in [1.807, 2.05) is 0 Å². The Hall–Kier alpha value is -1.14. The monoisotopic (exact) mass is 281 g/mol. The van der Waals surface area contributed by atoms with Crippen LogP contribution in [0.2, 0.25) is 0 Å². The summed E-state index contributed by atoms with van der Waals surface area (Å²) in [5, 5.41) is 3.25. The van der Waals surface area contributed by atoms with Crippen molar-refractivity contribution >= 4 is 11.8 Å². The van der Waals surface area contributed by atoms with E-state index in [1.54, 1.807) is 9.80 Å². The number of nitrogens with one attached hydrogen (secondary N) is 1. The zero-order valence-corrected chi connectivity index (χ0v) is 11.8. The quantitative estimate of drug-likeness (QED) is 0.613. The van der Waals surface area contributed by atoms with Gasteiger partial charge in [0, 0.05) is 26.2 Å². The topological polar surface area (TPSA) is 61.9 Å². The van der Waals surface area contributed by atoms with Gasteiger partial charge >= 0.3 is 11.8 Å². The smallest absolute Gasteiger partial charge is 0.312 e. The Morgan fingerprint density at radius 2 is 1.90 bits per heavy atom. The highest BCUT2D eigenvalue weighted by atomic mass is 16.5. The van der Waals surface area contributed by atoms with Crippen LogP contribution in [0.5, 0.6) is 0 Å². The highest BCUT2D eigenvalue weighted by Crippen LogP contribution is 2.29. The molecule has 2 amide bonds. The molecule has 1 aliphatic carbocycles. The zero-order chi connectivity index (χ0) is 13.9. The van der Waals surface area contributed by atoms with Crippen LogP contribution in [0, 0.1) is 0 Å². The molecule has 1 N–H and O–H groups in total. The molecule has 1 saturated carbocycles. The van der Waals surface area contributed by atoms with Crippen LogP contribution in [0.3, 0.4) is 0 Å². The molecule has 3 aliphatic rings. The SMILES string of the molecule is O=C(C(=O)N1CCOC2CCCC21)N1CCCNCC1. The van der Waals surface area contributed by atoms with Gasteiger partial charge in [-0.2, -0.15) is 0 Å². The molecule has 0 aromatic rings. The molecule has 0 aromatic carbocycles. The van der Waals surface area contributed by atoms with Gasteiger partial charge in [-0.05, 0) is 32.2 Å². The second-order valence-corrected chi connectivity index (χ2v) is 5.80. The van der Waals surface area contributed by atoms with E-state index in [-0.39, 0.29) is 24.0 Å². The lowest BCUT2D eigenvalue weighted by atomic mass is 10.1. The minimum absolute atomic E-state index is 0.116. The van der Waals surface area contributed by atoms with Gasteiger partial charge in [0.05, 0.1) is 18.8 Å². The minimum Gasteiger partial charge on any atom is -0.374 e. The number of nitrogens with zero attached hydrogens (tertiary/aromatic N) is 2. The fourth-order valence-electron chi connectivity index (χ4n) is 3.48. The van der Waals surface area contributed by atoms with Crippen LogP contribution in [0.15, 0.2) is 0 Å². The fraction of sp³-hybridized carbons (Fsp3) is 0.857. The maximum Gasteiger partial charge on any atom is 0.312 e. The third-order valence-corrected chi connectivity index (χ3v) is 4.55. The lowest BCUT2D eigenvalue weighted by Gasteiger charge is -2.38. The van der Waals surface area contributed by atoms with E-state index in [2.05, 4.69) is 5.32 Å². The van der Waals surface area contributed by atoms with Crippen molar-refractivity contribution in [2.75, 3.05) is 39.3 Å². The molecule has 112 valence electrons. The molecule has 2 unspecified atom stereocenters. The van der Waals surface area contributed by atoms with Gasteiger partial charge in [-0.25, -0.2) is 0 Å². The molecule has 20 heavy (non-hydrogen) atoms. The van der Waals surface area contributed by atoms with Crippen LogP contribution in [0.1, 0.15) is 25.7 Å². The summed E-state index contributed by atoms with van der Waals surface area (Å²) in [6.45, 7) is 4.10. The van der Waals surface area contributed by atoms with E-state index in [9.17, 15) is 9.59 Å². The number of hydrogen-bond donors (Lipinski definition) is 1. The molecule has 2 saturated heterocycles. The third kappa shape index (κ3) is 2.67. The maximum absolute atomic E-state index is 12.5. The van der Waals surface area contributed by atoms with Crippen molar-refractivity contribution in [1.82, 2.24) is 15.1 Å². The van der Waals surface area contributed by atoms with Gasteiger partial charge < -0.3 is 19.9 Å². The number of rotatable bonds is 0. The third-order valence-electron chi connectivity index (χ3n) is 4.55. The highest BCUT2D eigenvalue weighted by molar-refractivity contribution is 6.35. The number of morpholine rings is 1. The van der Waals surface area contributed by atoms with Crippen LogP contribution in [0.25, 0.3) is 0 Å². The average Bonchev–Trinajstić information content (AvgIpc) is 2.79. The molecule has 0 spiro atoms. The molecule has 0 aromatic heterocycles. The first-order valence-electron chi connectivity index (χ1n) is 7.69. The van der Waals surface area contributed by atoms with Crippen LogP contribution in [-0.2, 0) is 14.3 Å². The largest absolute Gasteiger partial charge is 0.374 e. The summed E-state index contributed by atoms with van der Waals surface area (Å²) in [6, 6.07) is 0.116. The summed E-state index contributed by atoms with van der Waals surface area (Å²) in [4.78, 5) is 28.4. The second kappa shape index (κ2) is 6.10. The first-order chi connectivity index (χ1) is 9.77. The molecule has 6 nitrogen and oxygen atoms in total. The molecule has 2 aliphatic heterocycles. The minimum atomic E-state index is -0.332. The summed E-state index contributed by atoms with van der Waals surface area (Å²) in [7, 11) is 0. The van der Waals surface area contributed by atoms with E-state index >= 15 is 0 Å². The Balaban J connectivity index is 1.66. The van der Waals surface area contributed by atoms with Gasteiger partial charge in [0.25, 0.3) is 0 Å². The van der Waals surface area contributed by atoms with Crippen LogP contribution in [-0.4, -0.2) is 73.1 Å². The van der Waals surface area contributed by atoms with Gasteiger partial charge in [-0.1, -0.05) is 0 Å². The number of carbonyl (C=O) groups excluding carboxylic acids is 2. The molecule has 2 atom stereocenters.